The molecule has 5 heteroatoms. The predicted molar refractivity (Wildman–Crippen MR) is 79.4 cm³/mol. The van der Waals surface area contributed by atoms with Gasteiger partial charge in [-0.15, -0.1) is 0 Å². The molecule has 1 heterocycles. The van der Waals surface area contributed by atoms with Crippen LogP contribution in [0.2, 0.25) is 0 Å². The predicted octanol–water partition coefficient (Wildman–Crippen LogP) is 2.29. The molecular weight excluding hydrogens is 258 g/mol. The second-order valence-corrected chi connectivity index (χ2v) is 4.75. The zero-order valence-electron chi connectivity index (χ0n) is 10.9. The summed E-state index contributed by atoms with van der Waals surface area (Å²) in [6, 6.07) is 9.52. The Kier molecular flexibility index (Phi) is 4.52. The summed E-state index contributed by atoms with van der Waals surface area (Å²) >= 11 is 4.93. The van der Waals surface area contributed by atoms with Crippen LogP contribution in [0, 0.1) is 6.92 Å². The third-order valence-corrected chi connectivity index (χ3v) is 2.93. The second kappa shape index (κ2) is 6.33. The van der Waals surface area contributed by atoms with Gasteiger partial charge < -0.3 is 10.5 Å². The van der Waals surface area contributed by atoms with E-state index in [4.69, 9.17) is 22.7 Å². The van der Waals surface area contributed by atoms with Crippen molar-refractivity contribution in [2.24, 2.45) is 5.73 Å². The monoisotopic (exact) mass is 275 g/mol. The number of thiocarbonyl (C=S) groups is 1. The van der Waals surface area contributed by atoms with Crippen LogP contribution in [0.25, 0.3) is 0 Å². The molecule has 1 aromatic heterocycles. The molecule has 0 saturated heterocycles. The van der Waals surface area contributed by atoms with Gasteiger partial charge in [0.05, 0.1) is 12.3 Å². The fourth-order valence-corrected chi connectivity index (χ4v) is 1.87. The van der Waals surface area contributed by atoms with E-state index in [2.05, 4.69) is 5.10 Å². The van der Waals surface area contributed by atoms with Crippen molar-refractivity contribution in [3.63, 3.8) is 0 Å². The number of rotatable bonds is 6. The van der Waals surface area contributed by atoms with Crippen LogP contribution < -0.4 is 10.5 Å². The Balaban J connectivity index is 1.79. The Labute approximate surface area is 118 Å². The van der Waals surface area contributed by atoms with E-state index in [1.165, 1.54) is 0 Å². The van der Waals surface area contributed by atoms with Crippen LogP contribution in [0.15, 0.2) is 36.5 Å². The number of hydrogen-bond donors (Lipinski definition) is 1. The van der Waals surface area contributed by atoms with E-state index in [0.717, 1.165) is 30.0 Å². The average Bonchev–Trinajstić information content (AvgIpc) is 2.81. The largest absolute Gasteiger partial charge is 0.494 e. The van der Waals surface area contributed by atoms with Gasteiger partial charge in [0.15, 0.2) is 0 Å². The Morgan fingerprint density at radius 1 is 1.42 bits per heavy atom. The van der Waals surface area contributed by atoms with Crippen LogP contribution in [-0.2, 0) is 6.54 Å². The lowest BCUT2D eigenvalue weighted by atomic mass is 10.2. The molecule has 0 saturated carbocycles. The van der Waals surface area contributed by atoms with E-state index >= 15 is 0 Å². The van der Waals surface area contributed by atoms with Gasteiger partial charge in [-0.25, -0.2) is 0 Å². The maximum Gasteiger partial charge on any atom is 0.119 e. The van der Waals surface area contributed by atoms with Crippen LogP contribution in [-0.4, -0.2) is 21.4 Å². The molecule has 0 aliphatic rings. The van der Waals surface area contributed by atoms with Gasteiger partial charge in [0.2, 0.25) is 0 Å². The highest BCUT2D eigenvalue weighted by Crippen LogP contribution is 2.13. The average molecular weight is 275 g/mol. The number of hydrogen-bond acceptors (Lipinski definition) is 3. The number of aryl methyl sites for hydroxylation is 2. The van der Waals surface area contributed by atoms with Crippen LogP contribution in [0.1, 0.15) is 17.7 Å². The van der Waals surface area contributed by atoms with Gasteiger partial charge in [-0.2, -0.15) is 5.10 Å². The highest BCUT2D eigenvalue weighted by molar-refractivity contribution is 7.80. The molecule has 100 valence electrons. The van der Waals surface area contributed by atoms with Gasteiger partial charge >= 0.3 is 0 Å². The molecule has 0 radical (unpaired) electrons. The first kappa shape index (κ1) is 13.5. The summed E-state index contributed by atoms with van der Waals surface area (Å²) in [5.41, 5.74) is 7.44. The van der Waals surface area contributed by atoms with E-state index in [9.17, 15) is 0 Å². The maximum atomic E-state index is 5.67. The molecule has 0 fully saturated rings. The number of nitrogens with two attached hydrogens (primary N) is 1. The number of nitrogens with zero attached hydrogens (tertiary/aromatic N) is 2. The van der Waals surface area contributed by atoms with Crippen molar-refractivity contribution in [1.29, 1.82) is 0 Å². The molecule has 0 bridgehead atoms. The Bertz CT molecular complexity index is 565. The summed E-state index contributed by atoms with van der Waals surface area (Å²) in [6.07, 6.45) is 2.88. The lowest BCUT2D eigenvalue weighted by Crippen LogP contribution is -2.09. The lowest BCUT2D eigenvalue weighted by Gasteiger charge is -2.07. The van der Waals surface area contributed by atoms with Crippen LogP contribution in [0.5, 0.6) is 5.75 Å². The Morgan fingerprint density at radius 3 is 2.95 bits per heavy atom. The fraction of sp³-hybridized carbons (Fsp3) is 0.286. The molecule has 0 aliphatic heterocycles. The van der Waals surface area contributed by atoms with Gasteiger partial charge in [0.1, 0.15) is 10.7 Å². The Hall–Kier alpha value is -1.88. The SMILES string of the molecule is Cc1ccn(CCCOc2cccc(C(N)=S)c2)n1. The summed E-state index contributed by atoms with van der Waals surface area (Å²) < 4.78 is 7.59. The highest BCUT2D eigenvalue weighted by atomic mass is 32.1. The summed E-state index contributed by atoms with van der Waals surface area (Å²) in [6.45, 7) is 3.47. The first-order valence-corrected chi connectivity index (χ1v) is 6.59. The minimum atomic E-state index is 0.387. The third-order valence-electron chi connectivity index (χ3n) is 2.69. The first-order chi connectivity index (χ1) is 9.15. The van der Waals surface area contributed by atoms with Crippen molar-refractivity contribution in [2.75, 3.05) is 6.61 Å². The molecule has 0 amide bonds. The lowest BCUT2D eigenvalue weighted by molar-refractivity contribution is 0.298. The smallest absolute Gasteiger partial charge is 0.119 e. The quantitative estimate of drug-likeness (QED) is 0.649. The molecule has 2 rings (SSSR count). The number of ether oxygens (including phenoxy) is 1. The van der Waals surface area contributed by atoms with Gasteiger partial charge in [0, 0.05) is 24.7 Å². The number of benzene rings is 1. The molecule has 2 aromatic rings. The van der Waals surface area contributed by atoms with Crippen molar-refractivity contribution in [2.45, 2.75) is 19.9 Å². The van der Waals surface area contributed by atoms with Gasteiger partial charge in [-0.05, 0) is 25.1 Å². The van der Waals surface area contributed by atoms with Crippen LogP contribution >= 0.6 is 12.2 Å². The van der Waals surface area contributed by atoms with Gasteiger partial charge in [0.25, 0.3) is 0 Å². The molecule has 0 aliphatic carbocycles. The van der Waals surface area contributed by atoms with Gasteiger partial charge in [-0.1, -0.05) is 24.4 Å². The molecule has 4 nitrogen and oxygen atoms in total. The minimum absolute atomic E-state index is 0.387. The van der Waals surface area contributed by atoms with E-state index < -0.39 is 0 Å². The van der Waals surface area contributed by atoms with Crippen LogP contribution in [0.4, 0.5) is 0 Å². The molecule has 0 atom stereocenters. The minimum Gasteiger partial charge on any atom is -0.494 e. The molecule has 0 unspecified atom stereocenters. The molecule has 1 aromatic carbocycles. The summed E-state index contributed by atoms with van der Waals surface area (Å²) in [5, 5.41) is 4.32. The van der Waals surface area contributed by atoms with Crippen molar-refractivity contribution < 1.29 is 4.74 Å². The summed E-state index contributed by atoms with van der Waals surface area (Å²) in [4.78, 5) is 0.387. The third kappa shape index (κ3) is 4.06. The normalized spacial score (nSPS) is 10.4. The molecule has 0 spiro atoms. The topological polar surface area (TPSA) is 53.1 Å². The Morgan fingerprint density at radius 2 is 2.26 bits per heavy atom. The van der Waals surface area contributed by atoms with Crippen LogP contribution in [0.3, 0.4) is 0 Å². The van der Waals surface area contributed by atoms with Crippen molar-refractivity contribution in [1.82, 2.24) is 9.78 Å². The van der Waals surface area contributed by atoms with Crippen molar-refractivity contribution >= 4 is 17.2 Å². The van der Waals surface area contributed by atoms with E-state index in [1.807, 2.05) is 48.1 Å². The fourth-order valence-electron chi connectivity index (χ4n) is 1.74. The number of aromatic nitrogens is 2. The van der Waals surface area contributed by atoms with Gasteiger partial charge in [-0.3, -0.25) is 4.68 Å². The first-order valence-electron chi connectivity index (χ1n) is 6.18. The molecule has 2 N–H and O–H groups in total. The zero-order chi connectivity index (χ0) is 13.7. The van der Waals surface area contributed by atoms with Crippen molar-refractivity contribution in [3.8, 4) is 5.75 Å². The summed E-state index contributed by atoms with van der Waals surface area (Å²) in [7, 11) is 0. The maximum absolute atomic E-state index is 5.67. The molecule has 19 heavy (non-hydrogen) atoms. The summed E-state index contributed by atoms with van der Waals surface area (Å²) in [5.74, 6) is 0.793. The molecular formula is C14H17N3OS. The van der Waals surface area contributed by atoms with E-state index in [1.54, 1.807) is 0 Å². The standard InChI is InChI=1S/C14H17N3OS/c1-11-6-8-17(16-11)7-3-9-18-13-5-2-4-12(10-13)14(15)19/h2,4-6,8,10H,3,7,9H2,1H3,(H2,15,19). The highest BCUT2D eigenvalue weighted by Gasteiger charge is 1.99. The van der Waals surface area contributed by atoms with E-state index in [-0.39, 0.29) is 0 Å². The zero-order valence-corrected chi connectivity index (χ0v) is 11.7. The van der Waals surface area contributed by atoms with E-state index in [0.29, 0.717) is 11.6 Å². The second-order valence-electron chi connectivity index (χ2n) is 4.31. The van der Waals surface area contributed by atoms with Crippen molar-refractivity contribution in [3.05, 3.63) is 47.8 Å².